The average Bonchev–Trinajstić information content (AvgIpc) is 2.66. The lowest BCUT2D eigenvalue weighted by molar-refractivity contribution is -0.128. The minimum absolute atomic E-state index is 0.132. The molecule has 0 bridgehead atoms. The van der Waals surface area contributed by atoms with Crippen LogP contribution in [0.25, 0.3) is 0 Å². The Balaban J connectivity index is 1.67. The van der Waals surface area contributed by atoms with Crippen LogP contribution < -0.4 is 9.47 Å². The lowest BCUT2D eigenvalue weighted by atomic mass is 10.1. The fourth-order valence-electron chi connectivity index (χ4n) is 2.93. The molecule has 0 saturated carbocycles. The van der Waals surface area contributed by atoms with E-state index in [0.717, 1.165) is 17.1 Å². The van der Waals surface area contributed by atoms with E-state index in [2.05, 4.69) is 32.0 Å². The Labute approximate surface area is 159 Å². The highest BCUT2D eigenvalue weighted by Crippen LogP contribution is 2.34. The summed E-state index contributed by atoms with van der Waals surface area (Å²) in [4.78, 5) is 15.8. The number of rotatable bonds is 6. The van der Waals surface area contributed by atoms with Crippen LogP contribution in [0.15, 0.2) is 41.3 Å². The van der Waals surface area contributed by atoms with E-state index in [1.54, 1.807) is 11.8 Å². The largest absolute Gasteiger partial charge is 0.486 e. The minimum atomic E-state index is 0.132. The number of nitrogens with zero attached hydrogens (tertiary/aromatic N) is 1. The first-order valence-corrected chi connectivity index (χ1v) is 9.92. The Morgan fingerprint density at radius 1 is 1.15 bits per heavy atom. The van der Waals surface area contributed by atoms with Crippen LogP contribution in [0.4, 0.5) is 0 Å². The van der Waals surface area contributed by atoms with Gasteiger partial charge in [0.2, 0.25) is 5.91 Å². The van der Waals surface area contributed by atoms with Gasteiger partial charge in [0.15, 0.2) is 11.5 Å². The first-order chi connectivity index (χ1) is 12.6. The number of benzene rings is 2. The van der Waals surface area contributed by atoms with Gasteiger partial charge in [-0.15, -0.1) is 11.8 Å². The van der Waals surface area contributed by atoms with Crippen LogP contribution in [0, 0.1) is 13.8 Å². The zero-order valence-corrected chi connectivity index (χ0v) is 16.4. The molecule has 0 radical (unpaired) electrons. The van der Waals surface area contributed by atoms with Crippen molar-refractivity contribution in [3.63, 3.8) is 0 Å². The molecule has 138 valence electrons. The highest BCUT2D eigenvalue weighted by molar-refractivity contribution is 8.00. The minimum Gasteiger partial charge on any atom is -0.486 e. The van der Waals surface area contributed by atoms with Crippen molar-refractivity contribution in [2.75, 3.05) is 25.5 Å². The van der Waals surface area contributed by atoms with Crippen LogP contribution in [0.3, 0.4) is 0 Å². The number of carbonyl (C=O) groups is 1. The van der Waals surface area contributed by atoms with Crippen molar-refractivity contribution in [3.05, 3.63) is 53.1 Å². The number of aryl methyl sites for hydroxylation is 2. The third-order valence-electron chi connectivity index (χ3n) is 4.44. The number of para-hydroxylation sites is 1. The lowest BCUT2D eigenvalue weighted by Crippen LogP contribution is -2.32. The maximum absolute atomic E-state index is 12.7. The molecule has 2 aromatic carbocycles. The summed E-state index contributed by atoms with van der Waals surface area (Å²) in [6.45, 7) is 8.48. The monoisotopic (exact) mass is 371 g/mol. The van der Waals surface area contributed by atoms with Crippen LogP contribution in [0.2, 0.25) is 0 Å². The van der Waals surface area contributed by atoms with Crippen molar-refractivity contribution in [2.45, 2.75) is 32.2 Å². The van der Waals surface area contributed by atoms with Crippen molar-refractivity contribution in [2.24, 2.45) is 0 Å². The Morgan fingerprint density at radius 3 is 2.77 bits per heavy atom. The summed E-state index contributed by atoms with van der Waals surface area (Å²) in [6, 6.07) is 12.2. The van der Waals surface area contributed by atoms with Crippen molar-refractivity contribution in [1.29, 1.82) is 0 Å². The van der Waals surface area contributed by atoms with Crippen LogP contribution in [0.1, 0.15) is 23.6 Å². The van der Waals surface area contributed by atoms with Gasteiger partial charge in [-0.1, -0.05) is 29.8 Å². The fourth-order valence-corrected chi connectivity index (χ4v) is 3.96. The topological polar surface area (TPSA) is 38.8 Å². The zero-order chi connectivity index (χ0) is 18.5. The molecule has 3 rings (SSSR count). The summed E-state index contributed by atoms with van der Waals surface area (Å²) in [5.41, 5.74) is 3.42. The van der Waals surface area contributed by atoms with Crippen LogP contribution in [-0.4, -0.2) is 36.3 Å². The fraction of sp³-hybridized carbons (Fsp3) is 0.381. The van der Waals surface area contributed by atoms with Crippen LogP contribution >= 0.6 is 11.8 Å². The first-order valence-electron chi connectivity index (χ1n) is 8.93. The summed E-state index contributed by atoms with van der Waals surface area (Å²) in [6.07, 6.45) is 0. The predicted molar refractivity (Wildman–Crippen MR) is 105 cm³/mol. The molecule has 4 nitrogen and oxygen atoms in total. The summed E-state index contributed by atoms with van der Waals surface area (Å²) < 4.78 is 11.4. The van der Waals surface area contributed by atoms with Gasteiger partial charge in [0.1, 0.15) is 13.2 Å². The van der Waals surface area contributed by atoms with Crippen molar-refractivity contribution < 1.29 is 14.3 Å². The van der Waals surface area contributed by atoms with Crippen molar-refractivity contribution >= 4 is 17.7 Å². The molecule has 0 fully saturated rings. The zero-order valence-electron chi connectivity index (χ0n) is 15.6. The van der Waals surface area contributed by atoms with E-state index in [9.17, 15) is 4.79 Å². The van der Waals surface area contributed by atoms with Gasteiger partial charge >= 0.3 is 0 Å². The van der Waals surface area contributed by atoms with Gasteiger partial charge in [-0.25, -0.2) is 0 Å². The van der Waals surface area contributed by atoms with E-state index in [-0.39, 0.29) is 5.91 Å². The third kappa shape index (κ3) is 4.33. The number of hydrogen-bond acceptors (Lipinski definition) is 4. The number of hydrogen-bond donors (Lipinski definition) is 0. The number of amides is 1. The second kappa shape index (κ2) is 8.49. The van der Waals surface area contributed by atoms with Gasteiger partial charge in [0.25, 0.3) is 0 Å². The molecule has 1 amide bonds. The molecular formula is C21H25NO3S. The second-order valence-corrected chi connectivity index (χ2v) is 7.42. The standard InChI is InChI=1S/C21H25NO3S/c1-4-22(13-17-6-5-7-18-21(17)25-11-10-24-18)20(23)14-26-19-12-15(2)8-9-16(19)3/h5-9,12H,4,10-11,13-14H2,1-3H3. The van der Waals surface area contributed by atoms with Gasteiger partial charge in [-0.2, -0.15) is 0 Å². The summed E-state index contributed by atoms with van der Waals surface area (Å²) in [5.74, 6) is 2.10. The molecule has 0 atom stereocenters. The second-order valence-electron chi connectivity index (χ2n) is 6.41. The van der Waals surface area contributed by atoms with E-state index in [1.807, 2.05) is 30.0 Å². The summed E-state index contributed by atoms with van der Waals surface area (Å²) in [5, 5.41) is 0. The highest BCUT2D eigenvalue weighted by Gasteiger charge is 2.19. The molecule has 0 unspecified atom stereocenters. The summed E-state index contributed by atoms with van der Waals surface area (Å²) in [7, 11) is 0. The van der Waals surface area contributed by atoms with Crippen molar-refractivity contribution in [1.82, 2.24) is 4.90 Å². The third-order valence-corrected chi connectivity index (χ3v) is 5.58. The Hall–Kier alpha value is -2.14. The smallest absolute Gasteiger partial charge is 0.233 e. The van der Waals surface area contributed by atoms with Crippen LogP contribution in [0.5, 0.6) is 11.5 Å². The number of thioether (sulfide) groups is 1. The van der Waals surface area contributed by atoms with Gasteiger partial charge in [0, 0.05) is 23.5 Å². The molecule has 0 aromatic heterocycles. The molecule has 1 aliphatic rings. The van der Waals surface area contributed by atoms with E-state index < -0.39 is 0 Å². The molecule has 0 spiro atoms. The molecule has 2 aromatic rings. The molecule has 1 heterocycles. The van der Waals surface area contributed by atoms with E-state index in [4.69, 9.17) is 9.47 Å². The molecule has 5 heteroatoms. The normalized spacial score (nSPS) is 12.7. The Kier molecular flexibility index (Phi) is 6.09. The van der Waals surface area contributed by atoms with Gasteiger partial charge in [-0.3, -0.25) is 4.79 Å². The average molecular weight is 372 g/mol. The number of ether oxygens (including phenoxy) is 2. The summed E-state index contributed by atoms with van der Waals surface area (Å²) >= 11 is 1.61. The van der Waals surface area contributed by atoms with Gasteiger partial charge in [-0.05, 0) is 38.5 Å². The molecule has 26 heavy (non-hydrogen) atoms. The quantitative estimate of drug-likeness (QED) is 0.713. The number of fused-ring (bicyclic) bond motifs is 1. The van der Waals surface area contributed by atoms with E-state index in [0.29, 0.717) is 32.1 Å². The molecule has 0 N–H and O–H groups in total. The van der Waals surface area contributed by atoms with Crippen LogP contribution in [-0.2, 0) is 11.3 Å². The van der Waals surface area contributed by atoms with Gasteiger partial charge in [0.05, 0.1) is 5.75 Å². The highest BCUT2D eigenvalue weighted by atomic mass is 32.2. The number of carbonyl (C=O) groups excluding carboxylic acids is 1. The van der Waals surface area contributed by atoms with Gasteiger partial charge < -0.3 is 14.4 Å². The molecular weight excluding hydrogens is 346 g/mol. The van der Waals surface area contributed by atoms with Crippen molar-refractivity contribution in [3.8, 4) is 11.5 Å². The van der Waals surface area contributed by atoms with E-state index >= 15 is 0 Å². The maximum Gasteiger partial charge on any atom is 0.233 e. The molecule has 0 aliphatic carbocycles. The Bertz CT molecular complexity index is 791. The van der Waals surface area contributed by atoms with E-state index in [1.165, 1.54) is 16.0 Å². The first kappa shape index (κ1) is 18.6. The maximum atomic E-state index is 12.7. The predicted octanol–water partition coefficient (Wildman–Crippen LogP) is 4.22. The SMILES string of the molecule is CCN(Cc1cccc2c1OCCO2)C(=O)CSc1cc(C)ccc1C. The molecule has 0 saturated heterocycles. The lowest BCUT2D eigenvalue weighted by Gasteiger charge is -2.25. The Morgan fingerprint density at radius 2 is 1.96 bits per heavy atom. The molecule has 1 aliphatic heterocycles.